The Morgan fingerprint density at radius 3 is 2.61 bits per heavy atom. The Bertz CT molecular complexity index is 459. The van der Waals surface area contributed by atoms with E-state index in [1.807, 2.05) is 29.2 Å². The fraction of sp³-hybridized carbons (Fsp3) is 0.500. The molecule has 1 aromatic carbocycles. The quantitative estimate of drug-likeness (QED) is 0.865. The van der Waals surface area contributed by atoms with Gasteiger partial charge in [-0.3, -0.25) is 4.79 Å². The number of fused-ring (bicyclic) bond motifs is 1. The average Bonchev–Trinajstić information content (AvgIpc) is 2.92. The highest BCUT2D eigenvalue weighted by molar-refractivity contribution is 9.10. The lowest BCUT2D eigenvalue weighted by molar-refractivity contribution is 0.0779. The van der Waals surface area contributed by atoms with Crippen LogP contribution in [0.5, 0.6) is 0 Å². The number of carbonyl (C=O) groups is 1. The van der Waals surface area contributed by atoms with Crippen LogP contribution in [0.4, 0.5) is 0 Å². The molecule has 0 spiro atoms. The van der Waals surface area contributed by atoms with Gasteiger partial charge in [-0.1, -0.05) is 15.9 Å². The number of rotatable bonds is 1. The molecule has 1 heterocycles. The zero-order chi connectivity index (χ0) is 12.7. The number of hydrogen-bond acceptors (Lipinski definition) is 2. The van der Waals surface area contributed by atoms with Gasteiger partial charge in [0.15, 0.2) is 0 Å². The van der Waals surface area contributed by atoms with E-state index in [1.54, 1.807) is 0 Å². The molecule has 2 aliphatic rings. The minimum absolute atomic E-state index is 0.143. The third kappa shape index (κ3) is 2.08. The van der Waals surface area contributed by atoms with Crippen molar-refractivity contribution < 1.29 is 4.79 Å². The molecule has 3 nitrogen and oxygen atoms in total. The first-order chi connectivity index (χ1) is 8.65. The SMILES string of the molecule is NC1CCC2CN(C(=O)c3ccc(Br)cc3)CC12. The molecule has 4 heteroatoms. The van der Waals surface area contributed by atoms with Crippen LogP contribution < -0.4 is 5.73 Å². The number of nitrogens with two attached hydrogens (primary N) is 1. The summed E-state index contributed by atoms with van der Waals surface area (Å²) in [6.07, 6.45) is 2.30. The number of halogens is 1. The van der Waals surface area contributed by atoms with Crippen LogP contribution in [0.15, 0.2) is 28.7 Å². The monoisotopic (exact) mass is 308 g/mol. The highest BCUT2D eigenvalue weighted by atomic mass is 79.9. The van der Waals surface area contributed by atoms with E-state index in [0.717, 1.165) is 29.5 Å². The van der Waals surface area contributed by atoms with Crippen molar-refractivity contribution in [3.8, 4) is 0 Å². The zero-order valence-corrected chi connectivity index (χ0v) is 11.8. The summed E-state index contributed by atoms with van der Waals surface area (Å²) < 4.78 is 0.999. The molecule has 1 aromatic rings. The van der Waals surface area contributed by atoms with Crippen LogP contribution in [0.3, 0.4) is 0 Å². The van der Waals surface area contributed by atoms with Gasteiger partial charge in [-0.15, -0.1) is 0 Å². The van der Waals surface area contributed by atoms with Gasteiger partial charge in [-0.25, -0.2) is 0 Å². The van der Waals surface area contributed by atoms with Crippen molar-refractivity contribution in [2.75, 3.05) is 13.1 Å². The first-order valence-corrected chi connectivity index (χ1v) is 7.25. The number of likely N-dealkylation sites (tertiary alicyclic amines) is 1. The molecule has 0 aromatic heterocycles. The Morgan fingerprint density at radius 2 is 1.94 bits per heavy atom. The number of benzene rings is 1. The minimum atomic E-state index is 0.143. The van der Waals surface area contributed by atoms with Crippen LogP contribution in [-0.4, -0.2) is 29.9 Å². The van der Waals surface area contributed by atoms with Crippen LogP contribution in [0, 0.1) is 11.8 Å². The van der Waals surface area contributed by atoms with Gasteiger partial charge in [0.2, 0.25) is 0 Å². The van der Waals surface area contributed by atoms with E-state index in [1.165, 1.54) is 6.42 Å². The third-order valence-electron chi connectivity index (χ3n) is 4.29. The molecule has 0 radical (unpaired) electrons. The molecule has 1 amide bonds. The molecule has 1 aliphatic carbocycles. The lowest BCUT2D eigenvalue weighted by atomic mass is 9.98. The van der Waals surface area contributed by atoms with E-state index in [4.69, 9.17) is 5.73 Å². The molecule has 2 N–H and O–H groups in total. The number of nitrogens with zero attached hydrogens (tertiary/aromatic N) is 1. The largest absolute Gasteiger partial charge is 0.338 e. The van der Waals surface area contributed by atoms with E-state index in [-0.39, 0.29) is 11.9 Å². The van der Waals surface area contributed by atoms with Crippen LogP contribution in [0.2, 0.25) is 0 Å². The highest BCUT2D eigenvalue weighted by Gasteiger charge is 2.42. The normalized spacial score (nSPS) is 30.6. The molecule has 18 heavy (non-hydrogen) atoms. The van der Waals surface area contributed by atoms with E-state index in [9.17, 15) is 4.79 Å². The van der Waals surface area contributed by atoms with Crippen LogP contribution in [0.1, 0.15) is 23.2 Å². The maximum Gasteiger partial charge on any atom is 0.253 e. The van der Waals surface area contributed by atoms with Gasteiger partial charge in [-0.2, -0.15) is 0 Å². The number of hydrogen-bond donors (Lipinski definition) is 1. The molecule has 1 saturated heterocycles. The first-order valence-electron chi connectivity index (χ1n) is 6.45. The molecule has 3 atom stereocenters. The summed E-state index contributed by atoms with van der Waals surface area (Å²) in [4.78, 5) is 14.3. The Morgan fingerprint density at radius 1 is 1.22 bits per heavy atom. The summed E-state index contributed by atoms with van der Waals surface area (Å²) >= 11 is 3.38. The highest BCUT2D eigenvalue weighted by Crippen LogP contribution is 2.37. The van der Waals surface area contributed by atoms with Crippen molar-refractivity contribution in [3.63, 3.8) is 0 Å². The lowest BCUT2D eigenvalue weighted by Crippen LogP contribution is -2.33. The molecule has 2 fully saturated rings. The molecule has 1 aliphatic heterocycles. The maximum atomic E-state index is 12.4. The van der Waals surface area contributed by atoms with Gasteiger partial charge >= 0.3 is 0 Å². The Kier molecular flexibility index (Phi) is 3.16. The second-order valence-electron chi connectivity index (χ2n) is 5.38. The first kappa shape index (κ1) is 12.2. The second kappa shape index (κ2) is 4.67. The van der Waals surface area contributed by atoms with Crippen LogP contribution >= 0.6 is 15.9 Å². The molecular weight excluding hydrogens is 292 g/mol. The topological polar surface area (TPSA) is 46.3 Å². The molecular formula is C14H17BrN2O. The standard InChI is InChI=1S/C14H17BrN2O/c15-11-4-1-9(2-5-11)14(18)17-7-10-3-6-13(16)12(10)8-17/h1-2,4-5,10,12-13H,3,6-8,16H2. The van der Waals surface area contributed by atoms with E-state index in [2.05, 4.69) is 15.9 Å². The van der Waals surface area contributed by atoms with Crippen molar-refractivity contribution >= 4 is 21.8 Å². The minimum Gasteiger partial charge on any atom is -0.338 e. The summed E-state index contributed by atoms with van der Waals surface area (Å²) in [5, 5.41) is 0. The van der Waals surface area contributed by atoms with Gasteiger partial charge in [0.05, 0.1) is 0 Å². The second-order valence-corrected chi connectivity index (χ2v) is 6.30. The molecule has 96 valence electrons. The summed E-state index contributed by atoms with van der Waals surface area (Å²) in [7, 11) is 0. The summed E-state index contributed by atoms with van der Waals surface area (Å²) in [6, 6.07) is 7.87. The Labute approximate surface area is 115 Å². The van der Waals surface area contributed by atoms with Crippen molar-refractivity contribution in [2.45, 2.75) is 18.9 Å². The van der Waals surface area contributed by atoms with Gasteiger partial charge in [0.25, 0.3) is 5.91 Å². The molecule has 0 bridgehead atoms. The summed E-state index contributed by atoms with van der Waals surface area (Å²) in [6.45, 7) is 1.72. The van der Waals surface area contributed by atoms with Gasteiger partial charge in [0, 0.05) is 29.2 Å². The lowest BCUT2D eigenvalue weighted by Gasteiger charge is -2.18. The van der Waals surface area contributed by atoms with Gasteiger partial charge in [0.1, 0.15) is 0 Å². The Balaban J connectivity index is 1.73. The van der Waals surface area contributed by atoms with Crippen LogP contribution in [-0.2, 0) is 0 Å². The predicted octanol–water partition coefficient (Wildman–Crippen LogP) is 2.26. The fourth-order valence-electron chi connectivity index (χ4n) is 3.25. The van der Waals surface area contributed by atoms with E-state index < -0.39 is 0 Å². The third-order valence-corrected chi connectivity index (χ3v) is 4.82. The van der Waals surface area contributed by atoms with Crippen molar-refractivity contribution in [1.29, 1.82) is 0 Å². The number of carbonyl (C=O) groups excluding carboxylic acids is 1. The zero-order valence-electron chi connectivity index (χ0n) is 10.2. The smallest absolute Gasteiger partial charge is 0.253 e. The van der Waals surface area contributed by atoms with Crippen molar-refractivity contribution in [2.24, 2.45) is 17.6 Å². The van der Waals surface area contributed by atoms with Crippen molar-refractivity contribution in [1.82, 2.24) is 4.90 Å². The molecule has 3 rings (SSSR count). The van der Waals surface area contributed by atoms with Crippen LogP contribution in [0.25, 0.3) is 0 Å². The average molecular weight is 309 g/mol. The number of amides is 1. The van der Waals surface area contributed by atoms with E-state index >= 15 is 0 Å². The molecule has 1 saturated carbocycles. The summed E-state index contributed by atoms with van der Waals surface area (Å²) in [5.74, 6) is 1.29. The molecule has 3 unspecified atom stereocenters. The van der Waals surface area contributed by atoms with Gasteiger partial charge < -0.3 is 10.6 Å². The van der Waals surface area contributed by atoms with E-state index in [0.29, 0.717) is 11.8 Å². The van der Waals surface area contributed by atoms with Crippen molar-refractivity contribution in [3.05, 3.63) is 34.3 Å². The summed E-state index contributed by atoms with van der Waals surface area (Å²) in [5.41, 5.74) is 6.87. The predicted molar refractivity (Wildman–Crippen MR) is 74.2 cm³/mol. The Hall–Kier alpha value is -0.870. The van der Waals surface area contributed by atoms with Gasteiger partial charge in [-0.05, 0) is 48.9 Å². The fourth-order valence-corrected chi connectivity index (χ4v) is 3.51. The maximum absolute atomic E-state index is 12.4.